The van der Waals surface area contributed by atoms with E-state index in [1.165, 1.54) is 0 Å². The molecule has 3 aromatic rings. The number of ether oxygens (including phenoxy) is 1. The van der Waals surface area contributed by atoms with E-state index >= 15 is 0 Å². The number of para-hydroxylation sites is 1. The number of aromatic nitrogens is 2. The predicted octanol–water partition coefficient (Wildman–Crippen LogP) is 3.34. The van der Waals surface area contributed by atoms with E-state index < -0.39 is 0 Å². The van der Waals surface area contributed by atoms with Gasteiger partial charge in [0.1, 0.15) is 12.4 Å². The number of aryl methyl sites for hydroxylation is 1. The van der Waals surface area contributed by atoms with Gasteiger partial charge in [0.2, 0.25) is 17.6 Å². The number of carbonyl (C=O) groups is 1. The molecule has 2 aromatic heterocycles. The average Bonchev–Trinajstić information content (AvgIpc) is 3.47. The molecule has 0 saturated carbocycles. The summed E-state index contributed by atoms with van der Waals surface area (Å²) in [4.78, 5) is 22.2. The van der Waals surface area contributed by atoms with Gasteiger partial charge in [-0.05, 0) is 30.0 Å². The van der Waals surface area contributed by atoms with Gasteiger partial charge in [-0.15, -0.1) is 11.3 Å². The van der Waals surface area contributed by atoms with Crippen LogP contribution in [-0.4, -0.2) is 65.2 Å². The zero-order valence-electron chi connectivity index (χ0n) is 16.9. The molecule has 0 unspecified atom stereocenters. The lowest BCUT2D eigenvalue weighted by Crippen LogP contribution is -2.49. The Morgan fingerprint density at radius 1 is 1.10 bits per heavy atom. The highest BCUT2D eigenvalue weighted by Gasteiger charge is 2.21. The van der Waals surface area contributed by atoms with Gasteiger partial charge in [0.15, 0.2) is 0 Å². The molecule has 4 rings (SSSR count). The average molecular weight is 427 g/mol. The van der Waals surface area contributed by atoms with Gasteiger partial charge in [-0.25, -0.2) is 0 Å². The minimum absolute atomic E-state index is 0.202. The number of benzene rings is 1. The maximum atomic E-state index is 12.5. The van der Waals surface area contributed by atoms with Crippen molar-refractivity contribution in [2.45, 2.75) is 19.3 Å². The van der Waals surface area contributed by atoms with Crippen molar-refractivity contribution in [3.05, 3.63) is 53.7 Å². The predicted molar refractivity (Wildman–Crippen MR) is 116 cm³/mol. The third-order valence-electron chi connectivity index (χ3n) is 5.14. The van der Waals surface area contributed by atoms with Crippen LogP contribution < -0.4 is 4.74 Å². The highest BCUT2D eigenvalue weighted by Crippen LogP contribution is 2.21. The lowest BCUT2D eigenvalue weighted by molar-refractivity contribution is -0.133. The Kier molecular flexibility index (Phi) is 7.10. The molecule has 8 heteroatoms. The first kappa shape index (κ1) is 20.6. The first-order chi connectivity index (χ1) is 14.8. The van der Waals surface area contributed by atoms with Gasteiger partial charge in [-0.3, -0.25) is 9.69 Å². The van der Waals surface area contributed by atoms with E-state index in [1.807, 2.05) is 52.7 Å². The molecule has 1 aliphatic heterocycles. The van der Waals surface area contributed by atoms with Gasteiger partial charge in [-0.1, -0.05) is 29.4 Å². The second kappa shape index (κ2) is 10.4. The third kappa shape index (κ3) is 5.67. The van der Waals surface area contributed by atoms with E-state index in [-0.39, 0.29) is 5.91 Å². The van der Waals surface area contributed by atoms with Crippen molar-refractivity contribution in [3.8, 4) is 16.5 Å². The molecule has 7 nitrogen and oxygen atoms in total. The first-order valence-corrected chi connectivity index (χ1v) is 11.2. The number of nitrogens with zero attached hydrogens (tertiary/aromatic N) is 4. The summed E-state index contributed by atoms with van der Waals surface area (Å²) in [6, 6.07) is 13.8. The number of piperazine rings is 1. The number of thiophene rings is 1. The second-order valence-electron chi connectivity index (χ2n) is 7.23. The van der Waals surface area contributed by atoms with Crippen LogP contribution in [0.5, 0.6) is 5.75 Å². The first-order valence-electron chi connectivity index (χ1n) is 10.3. The van der Waals surface area contributed by atoms with Crippen LogP contribution in [0.4, 0.5) is 0 Å². The molecule has 0 bridgehead atoms. The zero-order valence-corrected chi connectivity index (χ0v) is 17.7. The van der Waals surface area contributed by atoms with Crippen molar-refractivity contribution in [1.29, 1.82) is 0 Å². The molecule has 1 aromatic carbocycles. The number of amides is 1. The van der Waals surface area contributed by atoms with E-state index in [1.54, 1.807) is 11.3 Å². The van der Waals surface area contributed by atoms with E-state index in [0.29, 0.717) is 31.2 Å². The van der Waals surface area contributed by atoms with Crippen molar-refractivity contribution in [3.63, 3.8) is 0 Å². The molecule has 3 heterocycles. The summed E-state index contributed by atoms with van der Waals surface area (Å²) in [5.74, 6) is 2.32. The van der Waals surface area contributed by atoms with Gasteiger partial charge in [0, 0.05) is 45.6 Å². The van der Waals surface area contributed by atoms with Crippen LogP contribution in [0.2, 0.25) is 0 Å². The SMILES string of the molecule is O=C(CCCc1nc(-c2cccs2)no1)N1CCN(CCOc2ccccc2)CC1. The Morgan fingerprint density at radius 2 is 1.93 bits per heavy atom. The lowest BCUT2D eigenvalue weighted by Gasteiger charge is -2.34. The highest BCUT2D eigenvalue weighted by molar-refractivity contribution is 7.13. The van der Waals surface area contributed by atoms with Gasteiger partial charge in [-0.2, -0.15) is 4.98 Å². The number of hydrogen-bond acceptors (Lipinski definition) is 7. The molecule has 0 N–H and O–H groups in total. The molecule has 30 heavy (non-hydrogen) atoms. The standard InChI is InChI=1S/C22H26N4O3S/c27-21(10-4-9-20-23-22(24-29-20)19-8-5-17-30-19)26-13-11-25(12-14-26)15-16-28-18-6-2-1-3-7-18/h1-3,5-8,17H,4,9-16H2. The summed E-state index contributed by atoms with van der Waals surface area (Å²) < 4.78 is 11.1. The smallest absolute Gasteiger partial charge is 0.226 e. The molecule has 1 amide bonds. The Hall–Kier alpha value is -2.71. The van der Waals surface area contributed by atoms with Gasteiger partial charge >= 0.3 is 0 Å². The van der Waals surface area contributed by atoms with Crippen molar-refractivity contribution >= 4 is 17.2 Å². The summed E-state index contributed by atoms with van der Waals surface area (Å²) in [5.41, 5.74) is 0. The summed E-state index contributed by atoms with van der Waals surface area (Å²) >= 11 is 1.58. The molecular formula is C22H26N4O3S. The van der Waals surface area contributed by atoms with Crippen LogP contribution in [-0.2, 0) is 11.2 Å². The number of rotatable bonds is 9. The summed E-state index contributed by atoms with van der Waals surface area (Å²) in [7, 11) is 0. The van der Waals surface area contributed by atoms with Crippen LogP contribution in [0.15, 0.2) is 52.4 Å². The normalized spacial score (nSPS) is 14.7. The Bertz CT molecular complexity index is 906. The maximum absolute atomic E-state index is 12.5. The largest absolute Gasteiger partial charge is 0.492 e. The molecular weight excluding hydrogens is 400 g/mol. The highest BCUT2D eigenvalue weighted by atomic mass is 32.1. The molecule has 1 fully saturated rings. The van der Waals surface area contributed by atoms with Gasteiger partial charge < -0.3 is 14.2 Å². The molecule has 158 valence electrons. The van der Waals surface area contributed by atoms with Crippen molar-refractivity contribution < 1.29 is 14.1 Å². The molecule has 0 radical (unpaired) electrons. The second-order valence-corrected chi connectivity index (χ2v) is 8.17. The van der Waals surface area contributed by atoms with Gasteiger partial charge in [0.25, 0.3) is 0 Å². The van der Waals surface area contributed by atoms with Crippen molar-refractivity contribution in [1.82, 2.24) is 19.9 Å². The quantitative estimate of drug-likeness (QED) is 0.523. The topological polar surface area (TPSA) is 71.7 Å². The summed E-state index contributed by atoms with van der Waals surface area (Å²) in [5, 5.41) is 6.00. The monoisotopic (exact) mass is 426 g/mol. The minimum atomic E-state index is 0.202. The fraction of sp³-hybridized carbons (Fsp3) is 0.409. The number of hydrogen-bond donors (Lipinski definition) is 0. The van der Waals surface area contributed by atoms with Crippen LogP contribution in [0.1, 0.15) is 18.7 Å². The maximum Gasteiger partial charge on any atom is 0.226 e. The molecule has 0 atom stereocenters. The van der Waals surface area contributed by atoms with Crippen molar-refractivity contribution in [2.75, 3.05) is 39.3 Å². The van der Waals surface area contributed by atoms with E-state index in [4.69, 9.17) is 9.26 Å². The Labute approximate surface area is 180 Å². The van der Waals surface area contributed by atoms with Crippen molar-refractivity contribution in [2.24, 2.45) is 0 Å². The van der Waals surface area contributed by atoms with E-state index in [9.17, 15) is 4.79 Å². The minimum Gasteiger partial charge on any atom is -0.492 e. The van der Waals surface area contributed by atoms with Crippen LogP contribution in [0.3, 0.4) is 0 Å². The molecule has 1 aliphatic rings. The Morgan fingerprint density at radius 3 is 2.70 bits per heavy atom. The fourth-order valence-corrected chi connectivity index (χ4v) is 4.09. The fourth-order valence-electron chi connectivity index (χ4n) is 3.44. The van der Waals surface area contributed by atoms with Crippen LogP contribution in [0, 0.1) is 0 Å². The Balaban J connectivity index is 1.12. The third-order valence-corrected chi connectivity index (χ3v) is 6.00. The van der Waals surface area contributed by atoms with E-state index in [2.05, 4.69) is 15.0 Å². The summed E-state index contributed by atoms with van der Waals surface area (Å²) in [6.07, 6.45) is 1.85. The number of carbonyl (C=O) groups excluding carboxylic acids is 1. The molecule has 0 spiro atoms. The van der Waals surface area contributed by atoms with E-state index in [0.717, 1.165) is 49.8 Å². The van der Waals surface area contributed by atoms with Crippen LogP contribution >= 0.6 is 11.3 Å². The zero-order chi connectivity index (χ0) is 20.6. The van der Waals surface area contributed by atoms with Gasteiger partial charge in [0.05, 0.1) is 4.88 Å². The summed E-state index contributed by atoms with van der Waals surface area (Å²) in [6.45, 7) is 4.85. The lowest BCUT2D eigenvalue weighted by atomic mass is 10.2. The molecule has 1 saturated heterocycles. The van der Waals surface area contributed by atoms with Crippen LogP contribution in [0.25, 0.3) is 10.7 Å². The molecule has 0 aliphatic carbocycles.